The van der Waals surface area contributed by atoms with Crippen LogP contribution in [0.25, 0.3) is 31.8 Å². The number of hydrogen-bond donors (Lipinski definition) is 3. The maximum atomic E-state index is 14.8. The molecule has 0 saturated carbocycles. The van der Waals surface area contributed by atoms with Gasteiger partial charge in [0.15, 0.2) is 5.82 Å². The molecule has 0 radical (unpaired) electrons. The van der Waals surface area contributed by atoms with Gasteiger partial charge in [0.1, 0.15) is 5.69 Å². The van der Waals surface area contributed by atoms with E-state index in [1.807, 2.05) is 38.1 Å². The first kappa shape index (κ1) is 25.3. The fourth-order valence-electron chi connectivity index (χ4n) is 3.84. The molecule has 36 heavy (non-hydrogen) atoms. The molecule has 4 N–H and O–H groups in total. The van der Waals surface area contributed by atoms with Crippen LogP contribution in [0.1, 0.15) is 25.5 Å². The predicted molar refractivity (Wildman–Crippen MR) is 143 cm³/mol. The molecule has 0 aliphatic heterocycles. The number of rotatable bonds is 10. The second-order valence-corrected chi connectivity index (χ2v) is 8.93. The van der Waals surface area contributed by atoms with Gasteiger partial charge in [0.25, 0.3) is 0 Å². The third-order valence-corrected chi connectivity index (χ3v) is 6.66. The van der Waals surface area contributed by atoms with Crippen LogP contribution in [0.4, 0.5) is 14.7 Å². The van der Waals surface area contributed by atoms with Gasteiger partial charge < -0.3 is 16.5 Å². The average molecular weight is 509 g/mol. The van der Waals surface area contributed by atoms with Crippen LogP contribution in [0.3, 0.4) is 0 Å². The Bertz CT molecular complexity index is 1400. The van der Waals surface area contributed by atoms with E-state index in [2.05, 4.69) is 35.7 Å². The van der Waals surface area contributed by atoms with Crippen molar-refractivity contribution in [1.82, 2.24) is 20.3 Å². The first-order valence-electron chi connectivity index (χ1n) is 11.4. The Morgan fingerprint density at radius 1 is 1.14 bits per heavy atom. The zero-order valence-corrected chi connectivity index (χ0v) is 20.7. The van der Waals surface area contributed by atoms with E-state index in [4.69, 9.17) is 5.84 Å². The Kier molecular flexibility index (Phi) is 8.24. The molecule has 0 saturated heterocycles. The average Bonchev–Trinajstić information content (AvgIpc) is 3.31. The summed E-state index contributed by atoms with van der Waals surface area (Å²) in [4.78, 5) is 17.0. The van der Waals surface area contributed by atoms with Crippen molar-refractivity contribution in [2.24, 2.45) is 15.9 Å². The van der Waals surface area contributed by atoms with Crippen LogP contribution in [0.2, 0.25) is 0 Å². The highest BCUT2D eigenvalue weighted by Gasteiger charge is 2.19. The molecule has 1 aromatic carbocycles. The fourth-order valence-corrected chi connectivity index (χ4v) is 5.02. The molecule has 0 fully saturated rings. The quantitative estimate of drug-likeness (QED) is 0.0933. The monoisotopic (exact) mass is 508 g/mol. The van der Waals surface area contributed by atoms with Gasteiger partial charge in [-0.3, -0.25) is 4.99 Å². The molecule has 0 aliphatic rings. The van der Waals surface area contributed by atoms with Crippen molar-refractivity contribution in [3.63, 3.8) is 0 Å². The number of hydrogen-bond acceptors (Lipinski definition) is 9. The Labute approximate surface area is 211 Å². The SMILES string of the molecule is CCNC(C)c1cnc(F)cc1-c1cccc2cc(-c3nc(NCCN=C/C=N\N)ncc3F)sc12. The van der Waals surface area contributed by atoms with Crippen molar-refractivity contribution >= 4 is 39.8 Å². The summed E-state index contributed by atoms with van der Waals surface area (Å²) in [5.74, 6) is 4.23. The lowest BCUT2D eigenvalue weighted by Gasteiger charge is -2.17. The van der Waals surface area contributed by atoms with Crippen LogP contribution in [0.15, 0.2) is 52.8 Å². The molecule has 4 aromatic rings. The summed E-state index contributed by atoms with van der Waals surface area (Å²) in [7, 11) is 0. The first-order valence-corrected chi connectivity index (χ1v) is 12.2. The minimum absolute atomic E-state index is 0.0207. The van der Waals surface area contributed by atoms with E-state index in [0.717, 1.165) is 39.5 Å². The van der Waals surface area contributed by atoms with E-state index in [1.54, 1.807) is 6.20 Å². The van der Waals surface area contributed by atoms with Crippen LogP contribution in [0.5, 0.6) is 0 Å². The van der Waals surface area contributed by atoms with E-state index >= 15 is 0 Å². The summed E-state index contributed by atoms with van der Waals surface area (Å²) in [5, 5.41) is 10.6. The molecule has 4 rings (SSSR count). The van der Waals surface area contributed by atoms with Gasteiger partial charge in [-0.2, -0.15) is 9.49 Å². The minimum Gasteiger partial charge on any atom is -0.352 e. The van der Waals surface area contributed by atoms with Crippen molar-refractivity contribution < 1.29 is 8.78 Å². The Balaban J connectivity index is 1.69. The van der Waals surface area contributed by atoms with E-state index in [9.17, 15) is 8.78 Å². The van der Waals surface area contributed by atoms with E-state index < -0.39 is 11.8 Å². The standard InChI is InChI=1S/C25H26F2N8S/c1-3-30-15(2)19-13-32-22(27)12-18(19)17-6-4-5-16-11-21(36-24(16)17)23-20(26)14-33-25(35-23)31-9-7-29-8-10-34-28/h4-6,8,10-15,30H,3,7,9,28H2,1-2H3,(H,31,33,35)/b29-8?,34-10-. The normalized spacial score (nSPS) is 12.7. The fraction of sp³-hybridized carbons (Fsp3) is 0.240. The van der Waals surface area contributed by atoms with Crippen molar-refractivity contribution in [3.05, 3.63) is 60.1 Å². The van der Waals surface area contributed by atoms with Gasteiger partial charge in [-0.1, -0.05) is 25.1 Å². The molecule has 0 amide bonds. The van der Waals surface area contributed by atoms with Gasteiger partial charge in [0.2, 0.25) is 11.9 Å². The Morgan fingerprint density at radius 3 is 2.81 bits per heavy atom. The summed E-state index contributed by atoms with van der Waals surface area (Å²) in [6, 6.07) is 9.12. The summed E-state index contributed by atoms with van der Waals surface area (Å²) < 4.78 is 29.9. The largest absolute Gasteiger partial charge is 0.352 e. The maximum absolute atomic E-state index is 14.8. The van der Waals surface area contributed by atoms with E-state index in [-0.39, 0.29) is 11.7 Å². The van der Waals surface area contributed by atoms with Crippen LogP contribution in [-0.2, 0) is 0 Å². The lowest BCUT2D eigenvalue weighted by molar-refractivity contribution is 0.568. The molecule has 11 heteroatoms. The molecule has 8 nitrogen and oxygen atoms in total. The lowest BCUT2D eigenvalue weighted by atomic mass is 9.96. The third kappa shape index (κ3) is 5.69. The Hall–Kier alpha value is -3.83. The highest BCUT2D eigenvalue weighted by Crippen LogP contribution is 2.41. The molecule has 3 aromatic heterocycles. The number of aromatic nitrogens is 3. The number of aliphatic imine (C=N–C) groups is 1. The lowest BCUT2D eigenvalue weighted by Crippen LogP contribution is -2.18. The van der Waals surface area contributed by atoms with Crippen LogP contribution < -0.4 is 16.5 Å². The number of nitrogens with one attached hydrogen (secondary N) is 2. The molecule has 0 bridgehead atoms. The molecule has 186 valence electrons. The second kappa shape index (κ2) is 11.7. The molecule has 0 spiro atoms. The summed E-state index contributed by atoms with van der Waals surface area (Å²) in [6.45, 7) is 5.71. The van der Waals surface area contributed by atoms with Crippen LogP contribution in [-0.4, -0.2) is 47.0 Å². The molecule has 1 unspecified atom stereocenters. The van der Waals surface area contributed by atoms with Crippen molar-refractivity contribution in [1.29, 1.82) is 0 Å². The number of fused-ring (bicyclic) bond motifs is 1. The zero-order chi connectivity index (χ0) is 25.5. The van der Waals surface area contributed by atoms with Crippen molar-refractivity contribution in [2.75, 3.05) is 25.0 Å². The van der Waals surface area contributed by atoms with Gasteiger partial charge in [-0.15, -0.1) is 11.3 Å². The van der Waals surface area contributed by atoms with Crippen LogP contribution >= 0.6 is 11.3 Å². The van der Waals surface area contributed by atoms with Crippen LogP contribution in [0, 0.1) is 11.8 Å². The predicted octanol–water partition coefficient (Wildman–Crippen LogP) is 4.80. The van der Waals surface area contributed by atoms with Gasteiger partial charge in [0.05, 0.1) is 23.8 Å². The second-order valence-electron chi connectivity index (χ2n) is 7.88. The third-order valence-electron chi connectivity index (χ3n) is 5.47. The number of hydrazone groups is 1. The molecule has 0 aliphatic carbocycles. The number of thiophene rings is 1. The minimum atomic E-state index is -0.552. The highest BCUT2D eigenvalue weighted by atomic mass is 32.1. The molecule has 1 atom stereocenters. The number of nitrogens with zero attached hydrogens (tertiary/aromatic N) is 5. The summed E-state index contributed by atoms with van der Waals surface area (Å²) >= 11 is 1.40. The number of benzene rings is 1. The van der Waals surface area contributed by atoms with E-state index in [0.29, 0.717) is 23.9 Å². The maximum Gasteiger partial charge on any atom is 0.223 e. The number of halogens is 2. The van der Waals surface area contributed by atoms with Gasteiger partial charge in [0, 0.05) is 41.3 Å². The van der Waals surface area contributed by atoms with Gasteiger partial charge in [-0.05, 0) is 36.0 Å². The topological polar surface area (TPSA) is 113 Å². The van der Waals surface area contributed by atoms with Gasteiger partial charge >= 0.3 is 0 Å². The molecule has 3 heterocycles. The smallest absolute Gasteiger partial charge is 0.223 e. The van der Waals surface area contributed by atoms with Crippen molar-refractivity contribution in [2.45, 2.75) is 19.9 Å². The molecular formula is C25H26F2N8S. The Morgan fingerprint density at radius 2 is 2.00 bits per heavy atom. The van der Waals surface area contributed by atoms with Gasteiger partial charge in [-0.25, -0.2) is 19.3 Å². The summed E-state index contributed by atoms with van der Waals surface area (Å²) in [6.07, 6.45) is 5.59. The molecular weight excluding hydrogens is 482 g/mol. The zero-order valence-electron chi connectivity index (χ0n) is 19.9. The number of anilines is 1. The number of pyridine rings is 1. The number of nitrogens with two attached hydrogens (primary N) is 1. The summed E-state index contributed by atoms with van der Waals surface area (Å²) in [5.41, 5.74) is 2.69. The van der Waals surface area contributed by atoms with Crippen molar-refractivity contribution in [3.8, 4) is 21.7 Å². The van der Waals surface area contributed by atoms with E-state index in [1.165, 1.54) is 29.8 Å². The highest BCUT2D eigenvalue weighted by molar-refractivity contribution is 7.22. The first-order chi connectivity index (χ1) is 17.5.